The van der Waals surface area contributed by atoms with Crippen LogP contribution in [-0.4, -0.2) is 17.6 Å². The molecule has 3 nitrogen and oxygen atoms in total. The zero-order valence-corrected chi connectivity index (χ0v) is 14.0. The molecule has 1 heterocycles. The van der Waals surface area contributed by atoms with Crippen molar-refractivity contribution in [2.24, 2.45) is 0 Å². The van der Waals surface area contributed by atoms with Gasteiger partial charge in [-0.2, -0.15) is 0 Å². The lowest BCUT2D eigenvalue weighted by Crippen LogP contribution is -2.37. The zero-order valence-electron chi connectivity index (χ0n) is 14.0. The van der Waals surface area contributed by atoms with Crippen LogP contribution in [0.3, 0.4) is 0 Å². The smallest absolute Gasteiger partial charge is 0.316 e. The average molecular weight is 319 g/mol. The average Bonchev–Trinajstić information content (AvgIpc) is 2.62. The molecule has 0 bridgehead atoms. The van der Waals surface area contributed by atoms with Crippen molar-refractivity contribution in [2.75, 3.05) is 6.61 Å². The van der Waals surface area contributed by atoms with Crippen LogP contribution in [0.5, 0.6) is 0 Å². The first-order chi connectivity index (χ1) is 11.6. The van der Waals surface area contributed by atoms with E-state index in [1.165, 1.54) is 0 Å². The third-order valence-electron chi connectivity index (χ3n) is 4.39. The number of hydrogen-bond acceptors (Lipinski definition) is 3. The second kappa shape index (κ2) is 6.83. The number of benzene rings is 2. The number of ether oxygens (including phenoxy) is 1. The number of carbonyl (C=O) groups excluding carboxylic acids is 1. The SMILES string of the molecule is CCOC(=O)C(C)(Cc1cccnc1)c1cccc2ccccc12. The van der Waals surface area contributed by atoms with E-state index in [4.69, 9.17) is 4.74 Å². The van der Waals surface area contributed by atoms with Crippen molar-refractivity contribution in [1.29, 1.82) is 0 Å². The highest BCUT2D eigenvalue weighted by Gasteiger charge is 2.38. The molecule has 0 saturated heterocycles. The number of rotatable bonds is 5. The van der Waals surface area contributed by atoms with Gasteiger partial charge in [0.2, 0.25) is 0 Å². The van der Waals surface area contributed by atoms with E-state index in [-0.39, 0.29) is 5.97 Å². The highest BCUT2D eigenvalue weighted by molar-refractivity contribution is 5.93. The van der Waals surface area contributed by atoms with Crippen LogP contribution in [0.15, 0.2) is 67.0 Å². The molecule has 0 amide bonds. The highest BCUT2D eigenvalue weighted by atomic mass is 16.5. The second-order valence-corrected chi connectivity index (χ2v) is 6.12. The van der Waals surface area contributed by atoms with E-state index in [1.54, 1.807) is 6.20 Å². The molecule has 0 N–H and O–H groups in total. The summed E-state index contributed by atoms with van der Waals surface area (Å²) in [6.07, 6.45) is 4.10. The molecular formula is C21H21NO2. The lowest BCUT2D eigenvalue weighted by atomic mass is 9.75. The number of fused-ring (bicyclic) bond motifs is 1. The normalized spacial score (nSPS) is 13.4. The summed E-state index contributed by atoms with van der Waals surface area (Å²) in [6.45, 7) is 4.16. The quantitative estimate of drug-likeness (QED) is 0.658. The van der Waals surface area contributed by atoms with Gasteiger partial charge in [-0.15, -0.1) is 0 Å². The van der Waals surface area contributed by atoms with Gasteiger partial charge in [-0.1, -0.05) is 48.5 Å². The number of esters is 1. The fraction of sp³-hybridized carbons (Fsp3) is 0.238. The molecule has 0 radical (unpaired) electrons. The molecule has 0 aliphatic carbocycles. The molecule has 0 aliphatic rings. The lowest BCUT2D eigenvalue weighted by molar-refractivity contribution is -0.149. The maximum absolute atomic E-state index is 12.9. The monoisotopic (exact) mass is 319 g/mol. The molecule has 3 rings (SSSR count). The van der Waals surface area contributed by atoms with Crippen LogP contribution in [0.2, 0.25) is 0 Å². The second-order valence-electron chi connectivity index (χ2n) is 6.12. The predicted octanol–water partition coefficient (Wildman–Crippen LogP) is 4.30. The molecule has 3 heteroatoms. The highest BCUT2D eigenvalue weighted by Crippen LogP contribution is 2.34. The summed E-state index contributed by atoms with van der Waals surface area (Å²) in [6, 6.07) is 18.1. The Labute approximate surface area is 142 Å². The molecular weight excluding hydrogens is 298 g/mol. The van der Waals surface area contributed by atoms with E-state index in [0.717, 1.165) is 21.9 Å². The maximum atomic E-state index is 12.9. The van der Waals surface area contributed by atoms with Crippen molar-refractivity contribution < 1.29 is 9.53 Å². The summed E-state index contributed by atoms with van der Waals surface area (Å²) < 4.78 is 5.42. The van der Waals surface area contributed by atoms with E-state index < -0.39 is 5.41 Å². The van der Waals surface area contributed by atoms with Gasteiger partial charge in [0.25, 0.3) is 0 Å². The number of pyridine rings is 1. The first-order valence-corrected chi connectivity index (χ1v) is 8.19. The van der Waals surface area contributed by atoms with Crippen LogP contribution in [0.25, 0.3) is 10.8 Å². The van der Waals surface area contributed by atoms with E-state index in [1.807, 2.05) is 56.4 Å². The molecule has 0 saturated carbocycles. The third kappa shape index (κ3) is 3.02. The van der Waals surface area contributed by atoms with E-state index in [0.29, 0.717) is 13.0 Å². The molecule has 0 fully saturated rings. The Morgan fingerprint density at radius 2 is 1.88 bits per heavy atom. The van der Waals surface area contributed by atoms with E-state index in [2.05, 4.69) is 23.2 Å². The summed E-state index contributed by atoms with van der Waals surface area (Å²) in [5.41, 5.74) is 1.24. The van der Waals surface area contributed by atoms with Gasteiger partial charge in [-0.3, -0.25) is 9.78 Å². The van der Waals surface area contributed by atoms with Crippen molar-refractivity contribution in [3.05, 3.63) is 78.1 Å². The standard InChI is InChI=1S/C21H21NO2/c1-3-24-20(23)21(2,14-16-8-7-13-22-15-16)19-12-6-10-17-9-4-5-11-18(17)19/h4-13,15H,3,14H2,1-2H3. The van der Waals surface area contributed by atoms with Crippen LogP contribution in [-0.2, 0) is 21.4 Å². The molecule has 24 heavy (non-hydrogen) atoms. The van der Waals surface area contributed by atoms with Crippen LogP contribution in [0.1, 0.15) is 25.0 Å². The number of aromatic nitrogens is 1. The molecule has 1 aromatic heterocycles. The fourth-order valence-corrected chi connectivity index (χ4v) is 3.19. The number of carbonyl (C=O) groups is 1. The Morgan fingerprint density at radius 3 is 2.62 bits per heavy atom. The van der Waals surface area contributed by atoms with Crippen LogP contribution < -0.4 is 0 Å². The summed E-state index contributed by atoms with van der Waals surface area (Å²) >= 11 is 0. The summed E-state index contributed by atoms with van der Waals surface area (Å²) in [5.74, 6) is -0.204. The van der Waals surface area contributed by atoms with Gasteiger partial charge in [0.15, 0.2) is 0 Å². The molecule has 2 aromatic carbocycles. The van der Waals surface area contributed by atoms with Gasteiger partial charge in [0.1, 0.15) is 0 Å². The van der Waals surface area contributed by atoms with Crippen molar-refractivity contribution in [3.8, 4) is 0 Å². The van der Waals surface area contributed by atoms with E-state index in [9.17, 15) is 4.79 Å². The Balaban J connectivity index is 2.15. The summed E-state index contributed by atoms with van der Waals surface area (Å²) in [5, 5.41) is 2.20. The van der Waals surface area contributed by atoms with Crippen LogP contribution in [0, 0.1) is 0 Å². The minimum Gasteiger partial charge on any atom is -0.465 e. The number of nitrogens with zero attached hydrogens (tertiary/aromatic N) is 1. The van der Waals surface area contributed by atoms with Crippen LogP contribution >= 0.6 is 0 Å². The minimum absolute atomic E-state index is 0.204. The maximum Gasteiger partial charge on any atom is 0.316 e. The lowest BCUT2D eigenvalue weighted by Gasteiger charge is -2.29. The Kier molecular flexibility index (Phi) is 4.61. The molecule has 0 aliphatic heterocycles. The van der Waals surface area contributed by atoms with E-state index >= 15 is 0 Å². The Bertz CT molecular complexity index is 839. The predicted molar refractivity (Wildman–Crippen MR) is 95.9 cm³/mol. The van der Waals surface area contributed by atoms with Gasteiger partial charge < -0.3 is 4.74 Å². The fourth-order valence-electron chi connectivity index (χ4n) is 3.19. The molecule has 122 valence electrons. The Morgan fingerprint density at radius 1 is 1.08 bits per heavy atom. The van der Waals surface area contributed by atoms with Crippen LogP contribution in [0.4, 0.5) is 0 Å². The van der Waals surface area contributed by atoms with Gasteiger partial charge in [0.05, 0.1) is 12.0 Å². The van der Waals surface area contributed by atoms with Gasteiger partial charge in [0, 0.05) is 12.4 Å². The summed E-state index contributed by atoms with van der Waals surface area (Å²) in [4.78, 5) is 17.0. The first kappa shape index (κ1) is 16.2. The molecule has 1 atom stereocenters. The number of hydrogen-bond donors (Lipinski definition) is 0. The molecule has 1 unspecified atom stereocenters. The topological polar surface area (TPSA) is 39.2 Å². The van der Waals surface area contributed by atoms with Gasteiger partial charge >= 0.3 is 5.97 Å². The van der Waals surface area contributed by atoms with Crippen molar-refractivity contribution >= 4 is 16.7 Å². The first-order valence-electron chi connectivity index (χ1n) is 8.19. The minimum atomic E-state index is -0.764. The van der Waals surface area contributed by atoms with Crippen molar-refractivity contribution in [3.63, 3.8) is 0 Å². The molecule has 3 aromatic rings. The zero-order chi connectivity index (χ0) is 17.0. The summed E-state index contributed by atoms with van der Waals surface area (Å²) in [7, 11) is 0. The van der Waals surface area contributed by atoms with Crippen molar-refractivity contribution in [2.45, 2.75) is 25.7 Å². The largest absolute Gasteiger partial charge is 0.465 e. The third-order valence-corrected chi connectivity index (χ3v) is 4.39. The Hall–Kier alpha value is -2.68. The van der Waals surface area contributed by atoms with Gasteiger partial charge in [-0.25, -0.2) is 0 Å². The molecule has 0 spiro atoms. The van der Waals surface area contributed by atoms with Gasteiger partial charge in [-0.05, 0) is 48.2 Å². The van der Waals surface area contributed by atoms with Crippen molar-refractivity contribution in [1.82, 2.24) is 4.98 Å².